The maximum Gasteiger partial charge on any atom is 0.0465 e. The predicted octanol–water partition coefficient (Wildman–Crippen LogP) is 0.0802. The number of aliphatic hydroxyl groups excluding tert-OH is 1. The molecule has 54 valence electrons. The second kappa shape index (κ2) is 2.67. The molecular weight excluding hydrogens is 114 g/mol. The fraction of sp³-hybridized carbons (Fsp3) is 1.00. The van der Waals surface area contributed by atoms with Crippen LogP contribution in [0.5, 0.6) is 0 Å². The molecule has 1 aliphatic carbocycles. The minimum absolute atomic E-state index is 0.369. The Morgan fingerprint density at radius 3 is 2.44 bits per heavy atom. The summed E-state index contributed by atoms with van der Waals surface area (Å²) in [6.45, 7) is 3.63. The highest BCUT2D eigenvalue weighted by atomic mass is 16.3. The molecule has 1 saturated carbocycles. The van der Waals surface area contributed by atoms with E-state index in [4.69, 9.17) is 5.11 Å². The topological polar surface area (TPSA) is 32.3 Å². The van der Waals surface area contributed by atoms with Gasteiger partial charge in [-0.25, -0.2) is 0 Å². The van der Waals surface area contributed by atoms with Crippen LogP contribution >= 0.6 is 0 Å². The second-order valence-electron chi connectivity index (χ2n) is 2.93. The van der Waals surface area contributed by atoms with E-state index in [-0.39, 0.29) is 0 Å². The van der Waals surface area contributed by atoms with Crippen LogP contribution in [-0.2, 0) is 0 Å². The average Bonchev–Trinajstić information content (AvgIpc) is 2.44. The van der Waals surface area contributed by atoms with Crippen LogP contribution in [0.1, 0.15) is 6.92 Å². The monoisotopic (exact) mass is 129 g/mol. The Morgan fingerprint density at radius 2 is 2.11 bits per heavy atom. The summed E-state index contributed by atoms with van der Waals surface area (Å²) in [4.78, 5) is 0. The van der Waals surface area contributed by atoms with E-state index in [9.17, 15) is 0 Å². The van der Waals surface area contributed by atoms with E-state index in [0.29, 0.717) is 12.5 Å². The lowest BCUT2D eigenvalue weighted by Crippen LogP contribution is -2.11. The van der Waals surface area contributed by atoms with Crippen molar-refractivity contribution in [2.45, 2.75) is 6.92 Å². The summed E-state index contributed by atoms with van der Waals surface area (Å²) in [6, 6.07) is 0. The molecule has 0 saturated heterocycles. The van der Waals surface area contributed by atoms with Gasteiger partial charge in [-0.15, -0.1) is 0 Å². The van der Waals surface area contributed by atoms with Gasteiger partial charge in [-0.05, 0) is 31.3 Å². The lowest BCUT2D eigenvalue weighted by Gasteiger charge is -1.92. The highest BCUT2D eigenvalue weighted by Crippen LogP contribution is 2.44. The molecule has 2 N–H and O–H groups in total. The van der Waals surface area contributed by atoms with Gasteiger partial charge in [0.25, 0.3) is 0 Å². The molecule has 0 heterocycles. The number of hydrogen-bond acceptors (Lipinski definition) is 2. The number of rotatable bonds is 3. The van der Waals surface area contributed by atoms with E-state index >= 15 is 0 Å². The van der Waals surface area contributed by atoms with E-state index in [1.807, 2.05) is 7.05 Å². The summed E-state index contributed by atoms with van der Waals surface area (Å²) in [5.41, 5.74) is 0. The maximum absolute atomic E-state index is 8.75. The molecule has 0 aromatic carbocycles. The zero-order chi connectivity index (χ0) is 6.85. The molecule has 0 spiro atoms. The third-order valence-corrected chi connectivity index (χ3v) is 2.41. The van der Waals surface area contributed by atoms with Crippen molar-refractivity contribution < 1.29 is 5.11 Å². The quantitative estimate of drug-likeness (QED) is 0.565. The number of nitrogens with one attached hydrogen (secondary N) is 1. The van der Waals surface area contributed by atoms with Gasteiger partial charge in [-0.2, -0.15) is 0 Å². The predicted molar refractivity (Wildman–Crippen MR) is 37.2 cm³/mol. The van der Waals surface area contributed by atoms with Crippen molar-refractivity contribution in [1.29, 1.82) is 0 Å². The molecule has 9 heavy (non-hydrogen) atoms. The van der Waals surface area contributed by atoms with Crippen LogP contribution in [0.25, 0.3) is 0 Å². The Balaban J connectivity index is 2.17. The first kappa shape index (κ1) is 7.03. The van der Waals surface area contributed by atoms with Crippen LogP contribution in [-0.4, -0.2) is 25.3 Å². The fourth-order valence-electron chi connectivity index (χ4n) is 1.51. The molecule has 0 bridgehead atoms. The van der Waals surface area contributed by atoms with E-state index in [0.717, 1.165) is 18.4 Å². The highest BCUT2D eigenvalue weighted by molar-refractivity contribution is 4.94. The van der Waals surface area contributed by atoms with Crippen molar-refractivity contribution in [3.05, 3.63) is 0 Å². The number of aliphatic hydroxyl groups is 1. The van der Waals surface area contributed by atoms with Crippen LogP contribution < -0.4 is 5.32 Å². The Kier molecular flexibility index (Phi) is 2.09. The van der Waals surface area contributed by atoms with Crippen molar-refractivity contribution in [3.8, 4) is 0 Å². The van der Waals surface area contributed by atoms with Gasteiger partial charge in [0.1, 0.15) is 0 Å². The summed E-state index contributed by atoms with van der Waals surface area (Å²) in [5.74, 6) is 2.06. The molecule has 3 atom stereocenters. The Hall–Kier alpha value is -0.0800. The zero-order valence-electron chi connectivity index (χ0n) is 6.09. The molecular formula is C7H15NO. The van der Waals surface area contributed by atoms with Crippen LogP contribution in [0, 0.1) is 17.8 Å². The summed E-state index contributed by atoms with van der Waals surface area (Å²) >= 11 is 0. The zero-order valence-corrected chi connectivity index (χ0v) is 6.09. The van der Waals surface area contributed by atoms with Crippen molar-refractivity contribution in [2.24, 2.45) is 17.8 Å². The van der Waals surface area contributed by atoms with Gasteiger partial charge < -0.3 is 10.4 Å². The van der Waals surface area contributed by atoms with Gasteiger partial charge in [0.05, 0.1) is 0 Å². The Labute approximate surface area is 56.3 Å². The maximum atomic E-state index is 8.75. The first-order valence-corrected chi connectivity index (χ1v) is 3.56. The standard InChI is InChI=1S/C7H15NO/c1-5-6(3-8-2)7(5)4-9/h5-9H,3-4H2,1-2H3. The van der Waals surface area contributed by atoms with Crippen LogP contribution in [0.2, 0.25) is 0 Å². The fourth-order valence-corrected chi connectivity index (χ4v) is 1.51. The van der Waals surface area contributed by atoms with Crippen molar-refractivity contribution >= 4 is 0 Å². The van der Waals surface area contributed by atoms with Gasteiger partial charge in [-0.3, -0.25) is 0 Å². The molecule has 2 nitrogen and oxygen atoms in total. The molecule has 2 heteroatoms. The molecule has 0 radical (unpaired) electrons. The molecule has 0 aliphatic heterocycles. The molecule has 0 aromatic heterocycles. The lowest BCUT2D eigenvalue weighted by atomic mass is 10.3. The average molecular weight is 129 g/mol. The molecule has 3 unspecified atom stereocenters. The lowest BCUT2D eigenvalue weighted by molar-refractivity contribution is 0.264. The third kappa shape index (κ3) is 1.25. The summed E-state index contributed by atoms with van der Waals surface area (Å²) in [7, 11) is 1.96. The van der Waals surface area contributed by atoms with Gasteiger partial charge in [0.15, 0.2) is 0 Å². The molecule has 0 aromatic rings. The Bertz CT molecular complexity index is 94.9. The highest BCUT2D eigenvalue weighted by Gasteiger charge is 2.44. The van der Waals surface area contributed by atoms with Gasteiger partial charge in [0.2, 0.25) is 0 Å². The second-order valence-corrected chi connectivity index (χ2v) is 2.93. The van der Waals surface area contributed by atoms with Gasteiger partial charge in [-0.1, -0.05) is 6.92 Å². The van der Waals surface area contributed by atoms with Crippen LogP contribution in [0.3, 0.4) is 0 Å². The smallest absolute Gasteiger partial charge is 0.0465 e. The summed E-state index contributed by atoms with van der Waals surface area (Å²) in [6.07, 6.45) is 0. The molecule has 0 amide bonds. The van der Waals surface area contributed by atoms with E-state index in [1.54, 1.807) is 0 Å². The minimum atomic E-state index is 0.369. The van der Waals surface area contributed by atoms with Crippen molar-refractivity contribution in [2.75, 3.05) is 20.2 Å². The Morgan fingerprint density at radius 1 is 1.44 bits per heavy atom. The van der Waals surface area contributed by atoms with E-state index in [1.165, 1.54) is 0 Å². The van der Waals surface area contributed by atoms with Gasteiger partial charge >= 0.3 is 0 Å². The minimum Gasteiger partial charge on any atom is -0.396 e. The van der Waals surface area contributed by atoms with Crippen LogP contribution in [0.4, 0.5) is 0 Å². The van der Waals surface area contributed by atoms with Crippen molar-refractivity contribution in [1.82, 2.24) is 5.32 Å². The number of hydrogen-bond donors (Lipinski definition) is 2. The van der Waals surface area contributed by atoms with Gasteiger partial charge in [0, 0.05) is 6.61 Å². The van der Waals surface area contributed by atoms with E-state index in [2.05, 4.69) is 12.2 Å². The molecule has 1 aliphatic rings. The van der Waals surface area contributed by atoms with E-state index < -0.39 is 0 Å². The normalized spacial score (nSPS) is 41.0. The third-order valence-electron chi connectivity index (χ3n) is 2.41. The SMILES string of the molecule is CNCC1C(C)C1CO. The summed E-state index contributed by atoms with van der Waals surface area (Å²) in [5, 5.41) is 11.9. The van der Waals surface area contributed by atoms with Crippen LogP contribution in [0.15, 0.2) is 0 Å². The largest absolute Gasteiger partial charge is 0.396 e. The molecule has 1 rings (SSSR count). The molecule has 1 fully saturated rings. The first-order valence-electron chi connectivity index (χ1n) is 3.56. The summed E-state index contributed by atoms with van der Waals surface area (Å²) < 4.78 is 0. The van der Waals surface area contributed by atoms with Crippen molar-refractivity contribution in [3.63, 3.8) is 0 Å². The first-order chi connectivity index (χ1) is 4.31.